The predicted molar refractivity (Wildman–Crippen MR) is 67.2 cm³/mol. The van der Waals surface area contributed by atoms with Crippen LogP contribution in [0, 0.1) is 5.82 Å². The lowest BCUT2D eigenvalue weighted by Gasteiger charge is -2.08. The number of carbonyl (C=O) groups excluding carboxylic acids is 3. The van der Waals surface area contributed by atoms with Crippen molar-refractivity contribution in [2.24, 2.45) is 0 Å². The third-order valence-corrected chi connectivity index (χ3v) is 2.94. The number of hydrogen-bond donors (Lipinski definition) is 1. The average molecular weight is 279 g/mol. The highest BCUT2D eigenvalue weighted by Gasteiger charge is 2.28. The molecule has 5 nitrogen and oxygen atoms in total. The van der Waals surface area contributed by atoms with Crippen LogP contribution in [0.15, 0.2) is 24.3 Å². The van der Waals surface area contributed by atoms with Gasteiger partial charge in [0.15, 0.2) is 0 Å². The van der Waals surface area contributed by atoms with E-state index in [9.17, 15) is 18.8 Å². The summed E-state index contributed by atoms with van der Waals surface area (Å²) in [4.78, 5) is 34.5. The van der Waals surface area contributed by atoms with Crippen LogP contribution < -0.4 is 5.32 Å². The number of Topliss-reactive ketones (excluding diaryl/α,β-unsaturated/α-hetero) is 1. The summed E-state index contributed by atoms with van der Waals surface area (Å²) in [5.74, 6) is -1.63. The smallest absolute Gasteiger partial charge is 0.328 e. The van der Waals surface area contributed by atoms with Gasteiger partial charge in [-0.05, 0) is 17.7 Å². The summed E-state index contributed by atoms with van der Waals surface area (Å²) in [5.41, 5.74) is 0.643. The van der Waals surface area contributed by atoms with Crippen molar-refractivity contribution in [3.8, 4) is 0 Å². The molecule has 6 heteroatoms. The second-order valence-corrected chi connectivity index (χ2v) is 4.59. The Hall–Kier alpha value is -2.24. The average Bonchev–Trinajstić information content (AvgIpc) is 2.77. The maximum Gasteiger partial charge on any atom is 0.328 e. The predicted octanol–water partition coefficient (Wildman–Crippen LogP) is 0.759. The van der Waals surface area contributed by atoms with Gasteiger partial charge in [-0.15, -0.1) is 0 Å². The lowest BCUT2D eigenvalue weighted by atomic mass is 10.1. The van der Waals surface area contributed by atoms with E-state index in [-0.39, 0.29) is 31.0 Å². The molecule has 0 unspecified atom stereocenters. The van der Waals surface area contributed by atoms with Crippen molar-refractivity contribution in [1.29, 1.82) is 0 Å². The SMILES string of the molecule is O=C(CC(=O)N[C@@H]1CCOC1=O)Cc1ccc(F)cc1. The third kappa shape index (κ3) is 3.88. The van der Waals surface area contributed by atoms with Crippen molar-refractivity contribution in [3.05, 3.63) is 35.6 Å². The lowest BCUT2D eigenvalue weighted by molar-refractivity contribution is -0.141. The third-order valence-electron chi connectivity index (χ3n) is 2.94. The minimum atomic E-state index is -0.652. The van der Waals surface area contributed by atoms with Crippen LogP contribution in [-0.2, 0) is 25.5 Å². The Morgan fingerprint density at radius 2 is 2.00 bits per heavy atom. The number of carbonyl (C=O) groups is 3. The first-order chi connectivity index (χ1) is 9.54. The van der Waals surface area contributed by atoms with Gasteiger partial charge >= 0.3 is 5.97 Å². The zero-order valence-corrected chi connectivity index (χ0v) is 10.7. The van der Waals surface area contributed by atoms with Gasteiger partial charge < -0.3 is 10.1 Å². The first-order valence-corrected chi connectivity index (χ1v) is 6.27. The summed E-state index contributed by atoms with van der Waals surface area (Å²) < 4.78 is 17.4. The van der Waals surface area contributed by atoms with Crippen LogP contribution >= 0.6 is 0 Å². The van der Waals surface area contributed by atoms with E-state index in [2.05, 4.69) is 5.32 Å². The fourth-order valence-electron chi connectivity index (χ4n) is 1.94. The van der Waals surface area contributed by atoms with Crippen molar-refractivity contribution in [3.63, 3.8) is 0 Å². The molecule has 0 spiro atoms. The first-order valence-electron chi connectivity index (χ1n) is 6.27. The van der Waals surface area contributed by atoms with Crippen LogP contribution in [0.3, 0.4) is 0 Å². The molecule has 0 bridgehead atoms. The highest BCUT2D eigenvalue weighted by Crippen LogP contribution is 2.07. The van der Waals surface area contributed by atoms with Gasteiger partial charge in [0.25, 0.3) is 0 Å². The Balaban J connectivity index is 1.80. The number of rotatable bonds is 5. The van der Waals surface area contributed by atoms with Gasteiger partial charge in [0, 0.05) is 12.8 Å². The van der Waals surface area contributed by atoms with Crippen molar-refractivity contribution in [2.75, 3.05) is 6.61 Å². The van der Waals surface area contributed by atoms with Crippen molar-refractivity contribution >= 4 is 17.7 Å². The fraction of sp³-hybridized carbons (Fsp3) is 0.357. The Labute approximate surface area is 115 Å². The molecule has 1 saturated heterocycles. The van der Waals surface area contributed by atoms with Gasteiger partial charge in [0.2, 0.25) is 5.91 Å². The number of nitrogens with one attached hydrogen (secondary N) is 1. The molecule has 1 aromatic rings. The van der Waals surface area contributed by atoms with E-state index >= 15 is 0 Å². The van der Waals surface area contributed by atoms with E-state index in [1.807, 2.05) is 0 Å². The van der Waals surface area contributed by atoms with Gasteiger partial charge in [-0.1, -0.05) is 12.1 Å². The molecule has 0 aromatic heterocycles. The number of esters is 1. The summed E-state index contributed by atoms with van der Waals surface area (Å²) >= 11 is 0. The molecule has 1 N–H and O–H groups in total. The molecule has 20 heavy (non-hydrogen) atoms. The first kappa shape index (κ1) is 14.2. The summed E-state index contributed by atoms with van der Waals surface area (Å²) in [6.45, 7) is 0.285. The van der Waals surface area contributed by atoms with E-state index < -0.39 is 17.9 Å². The lowest BCUT2D eigenvalue weighted by Crippen LogP contribution is -2.38. The number of hydrogen-bond acceptors (Lipinski definition) is 4. The van der Waals surface area contributed by atoms with Crippen molar-refractivity contribution < 1.29 is 23.5 Å². The second-order valence-electron chi connectivity index (χ2n) is 4.59. The van der Waals surface area contributed by atoms with Crippen LogP contribution in [0.4, 0.5) is 4.39 Å². The molecule has 1 amide bonds. The van der Waals surface area contributed by atoms with E-state index in [4.69, 9.17) is 4.74 Å². The normalized spacial score (nSPS) is 17.6. The fourth-order valence-corrected chi connectivity index (χ4v) is 1.94. The van der Waals surface area contributed by atoms with Crippen molar-refractivity contribution in [2.45, 2.75) is 25.3 Å². The molecular formula is C14H14FNO4. The summed E-state index contributed by atoms with van der Waals surface area (Å²) in [6, 6.07) is 4.87. The summed E-state index contributed by atoms with van der Waals surface area (Å²) in [5, 5.41) is 2.46. The van der Waals surface area contributed by atoms with E-state index in [1.165, 1.54) is 24.3 Å². The highest BCUT2D eigenvalue weighted by molar-refractivity contribution is 6.00. The minimum Gasteiger partial charge on any atom is -0.464 e. The maximum absolute atomic E-state index is 12.7. The molecule has 106 valence electrons. The van der Waals surface area contributed by atoms with Gasteiger partial charge in [0.05, 0.1) is 13.0 Å². The number of cyclic esters (lactones) is 1. The quantitative estimate of drug-likeness (QED) is 0.638. The van der Waals surface area contributed by atoms with E-state index in [1.54, 1.807) is 0 Å². The Kier molecular flexibility index (Phi) is 4.45. The zero-order chi connectivity index (χ0) is 14.5. The van der Waals surface area contributed by atoms with Gasteiger partial charge in [-0.2, -0.15) is 0 Å². The molecule has 1 heterocycles. The number of halogens is 1. The second kappa shape index (κ2) is 6.27. The molecule has 1 aromatic carbocycles. The maximum atomic E-state index is 12.7. The Bertz CT molecular complexity index is 526. The molecule has 0 aliphatic carbocycles. The topological polar surface area (TPSA) is 72.5 Å². The molecule has 1 aliphatic rings. The summed E-state index contributed by atoms with van der Waals surface area (Å²) in [6.07, 6.45) is 0.181. The molecule has 0 saturated carbocycles. The van der Waals surface area contributed by atoms with Crippen molar-refractivity contribution in [1.82, 2.24) is 5.32 Å². The largest absolute Gasteiger partial charge is 0.464 e. The standard InChI is InChI=1S/C14H14FNO4/c15-10-3-1-9(2-4-10)7-11(17)8-13(18)16-12-5-6-20-14(12)19/h1-4,12H,5-8H2,(H,16,18)/t12-/m1/s1. The monoisotopic (exact) mass is 279 g/mol. The van der Waals surface area contributed by atoms with Crippen LogP contribution in [0.5, 0.6) is 0 Å². The van der Waals surface area contributed by atoms with Gasteiger partial charge in [-0.25, -0.2) is 9.18 Å². The Morgan fingerprint density at radius 1 is 1.30 bits per heavy atom. The van der Waals surface area contributed by atoms with Crippen LogP contribution in [0.1, 0.15) is 18.4 Å². The number of amides is 1. The Morgan fingerprint density at radius 3 is 2.60 bits per heavy atom. The number of ether oxygens (including phenoxy) is 1. The van der Waals surface area contributed by atoms with E-state index in [0.717, 1.165) is 0 Å². The van der Waals surface area contributed by atoms with Gasteiger partial charge in [-0.3, -0.25) is 9.59 Å². The molecule has 1 fully saturated rings. The van der Waals surface area contributed by atoms with Crippen LogP contribution in [-0.4, -0.2) is 30.3 Å². The molecule has 0 radical (unpaired) electrons. The molecular weight excluding hydrogens is 265 g/mol. The van der Waals surface area contributed by atoms with Crippen LogP contribution in [0.25, 0.3) is 0 Å². The van der Waals surface area contributed by atoms with Gasteiger partial charge in [0.1, 0.15) is 17.6 Å². The zero-order valence-electron chi connectivity index (χ0n) is 10.7. The summed E-state index contributed by atoms with van der Waals surface area (Å²) in [7, 11) is 0. The molecule has 2 rings (SSSR count). The number of benzene rings is 1. The van der Waals surface area contributed by atoms with E-state index in [0.29, 0.717) is 12.0 Å². The highest BCUT2D eigenvalue weighted by atomic mass is 19.1. The molecule has 1 aliphatic heterocycles. The minimum absolute atomic E-state index is 0.0583. The molecule has 1 atom stereocenters. The van der Waals surface area contributed by atoms with Crippen LogP contribution in [0.2, 0.25) is 0 Å². The number of ketones is 1.